The SMILES string of the molecule is Cc1ncccc1C(=O)N[C@@H]1COCC[C@@H]1OCc1ccccc1. The van der Waals surface area contributed by atoms with Gasteiger partial charge in [0, 0.05) is 18.5 Å². The van der Waals surface area contributed by atoms with Gasteiger partial charge in [0.25, 0.3) is 5.91 Å². The molecule has 1 aromatic heterocycles. The lowest BCUT2D eigenvalue weighted by molar-refractivity contribution is -0.0605. The van der Waals surface area contributed by atoms with Gasteiger partial charge in [-0.3, -0.25) is 9.78 Å². The lowest BCUT2D eigenvalue weighted by Crippen LogP contribution is -2.50. The van der Waals surface area contributed by atoms with Crippen molar-refractivity contribution >= 4 is 5.91 Å². The molecule has 0 radical (unpaired) electrons. The summed E-state index contributed by atoms with van der Waals surface area (Å²) in [6.07, 6.45) is 2.39. The van der Waals surface area contributed by atoms with Gasteiger partial charge in [-0.2, -0.15) is 0 Å². The fourth-order valence-electron chi connectivity index (χ4n) is 2.80. The van der Waals surface area contributed by atoms with Gasteiger partial charge >= 0.3 is 0 Å². The van der Waals surface area contributed by atoms with Crippen LogP contribution in [0.3, 0.4) is 0 Å². The molecule has 0 unspecified atom stereocenters. The highest BCUT2D eigenvalue weighted by Crippen LogP contribution is 2.15. The van der Waals surface area contributed by atoms with Crippen molar-refractivity contribution in [3.05, 3.63) is 65.5 Å². The second-order valence-corrected chi connectivity index (χ2v) is 5.91. The van der Waals surface area contributed by atoms with Crippen molar-refractivity contribution in [1.29, 1.82) is 0 Å². The molecule has 1 fully saturated rings. The van der Waals surface area contributed by atoms with E-state index in [4.69, 9.17) is 9.47 Å². The summed E-state index contributed by atoms with van der Waals surface area (Å²) >= 11 is 0. The van der Waals surface area contributed by atoms with E-state index in [0.717, 1.165) is 12.0 Å². The van der Waals surface area contributed by atoms with Crippen LogP contribution >= 0.6 is 0 Å². The van der Waals surface area contributed by atoms with Gasteiger partial charge in [-0.05, 0) is 31.0 Å². The van der Waals surface area contributed by atoms with E-state index in [-0.39, 0.29) is 18.1 Å². The number of amides is 1. The molecule has 0 aliphatic carbocycles. The van der Waals surface area contributed by atoms with E-state index < -0.39 is 0 Å². The van der Waals surface area contributed by atoms with Crippen LogP contribution < -0.4 is 5.32 Å². The minimum absolute atomic E-state index is 0.0557. The molecule has 1 amide bonds. The molecule has 1 aromatic carbocycles. The zero-order valence-corrected chi connectivity index (χ0v) is 13.8. The highest BCUT2D eigenvalue weighted by molar-refractivity contribution is 5.95. The van der Waals surface area contributed by atoms with Crippen molar-refractivity contribution in [3.63, 3.8) is 0 Å². The second-order valence-electron chi connectivity index (χ2n) is 5.91. The number of carbonyl (C=O) groups is 1. The van der Waals surface area contributed by atoms with Crippen LogP contribution in [0.2, 0.25) is 0 Å². The molecule has 2 aromatic rings. The number of nitrogens with zero attached hydrogens (tertiary/aromatic N) is 1. The van der Waals surface area contributed by atoms with Gasteiger partial charge in [0.1, 0.15) is 0 Å². The first-order chi connectivity index (χ1) is 11.7. The Morgan fingerprint density at radius 3 is 2.92 bits per heavy atom. The minimum atomic E-state index is -0.158. The Morgan fingerprint density at radius 1 is 1.29 bits per heavy atom. The molecule has 1 saturated heterocycles. The maximum absolute atomic E-state index is 12.5. The maximum Gasteiger partial charge on any atom is 0.253 e. The van der Waals surface area contributed by atoms with E-state index in [1.54, 1.807) is 18.3 Å². The van der Waals surface area contributed by atoms with Gasteiger partial charge in [0.05, 0.1) is 30.9 Å². The zero-order chi connectivity index (χ0) is 16.8. The van der Waals surface area contributed by atoms with E-state index in [1.807, 2.05) is 37.3 Å². The molecule has 3 rings (SSSR count). The van der Waals surface area contributed by atoms with Crippen LogP contribution in [0.1, 0.15) is 28.0 Å². The van der Waals surface area contributed by atoms with Crippen LogP contribution in [0.25, 0.3) is 0 Å². The number of pyridine rings is 1. The summed E-state index contributed by atoms with van der Waals surface area (Å²) in [5.74, 6) is -0.135. The fraction of sp³-hybridized carbons (Fsp3) is 0.368. The number of aromatic nitrogens is 1. The van der Waals surface area contributed by atoms with E-state index in [0.29, 0.717) is 31.1 Å². The van der Waals surface area contributed by atoms with Crippen LogP contribution in [-0.4, -0.2) is 36.3 Å². The number of ether oxygens (including phenoxy) is 2. The summed E-state index contributed by atoms with van der Waals surface area (Å²) < 4.78 is 11.6. The monoisotopic (exact) mass is 326 g/mol. The number of nitrogens with one attached hydrogen (secondary N) is 1. The first kappa shape index (κ1) is 16.6. The van der Waals surface area contributed by atoms with Gasteiger partial charge in [0.15, 0.2) is 0 Å². The number of benzene rings is 1. The average molecular weight is 326 g/mol. The third-order valence-electron chi connectivity index (χ3n) is 4.17. The van der Waals surface area contributed by atoms with Crippen LogP contribution in [0.15, 0.2) is 48.7 Å². The number of rotatable bonds is 5. The van der Waals surface area contributed by atoms with Gasteiger partial charge in [0.2, 0.25) is 0 Å². The predicted molar refractivity (Wildman–Crippen MR) is 90.7 cm³/mol. The Kier molecular flexibility index (Phi) is 5.56. The smallest absolute Gasteiger partial charge is 0.253 e. The average Bonchev–Trinajstić information content (AvgIpc) is 2.62. The Labute approximate surface area is 142 Å². The Balaban J connectivity index is 1.62. The van der Waals surface area contributed by atoms with Crippen molar-refractivity contribution < 1.29 is 14.3 Å². The highest BCUT2D eigenvalue weighted by Gasteiger charge is 2.28. The van der Waals surface area contributed by atoms with Crippen molar-refractivity contribution in [2.75, 3.05) is 13.2 Å². The molecule has 0 spiro atoms. The number of hydrogen-bond acceptors (Lipinski definition) is 4. The van der Waals surface area contributed by atoms with E-state index >= 15 is 0 Å². The molecule has 2 atom stereocenters. The van der Waals surface area contributed by atoms with Gasteiger partial charge in [-0.25, -0.2) is 0 Å². The molecule has 24 heavy (non-hydrogen) atoms. The first-order valence-electron chi connectivity index (χ1n) is 8.20. The highest BCUT2D eigenvalue weighted by atomic mass is 16.5. The molecular weight excluding hydrogens is 304 g/mol. The van der Waals surface area contributed by atoms with Crippen LogP contribution in [0.5, 0.6) is 0 Å². The van der Waals surface area contributed by atoms with Crippen LogP contribution in [0, 0.1) is 6.92 Å². The van der Waals surface area contributed by atoms with E-state index in [9.17, 15) is 4.79 Å². The molecule has 2 heterocycles. The van der Waals surface area contributed by atoms with Gasteiger partial charge < -0.3 is 14.8 Å². The molecule has 126 valence electrons. The summed E-state index contributed by atoms with van der Waals surface area (Å²) in [5.41, 5.74) is 2.43. The fourth-order valence-corrected chi connectivity index (χ4v) is 2.80. The summed E-state index contributed by atoms with van der Waals surface area (Å²) in [6.45, 7) is 3.47. The van der Waals surface area contributed by atoms with Gasteiger partial charge in [-0.15, -0.1) is 0 Å². The number of carbonyl (C=O) groups excluding carboxylic acids is 1. The Bertz CT molecular complexity index is 675. The quantitative estimate of drug-likeness (QED) is 0.917. The van der Waals surface area contributed by atoms with E-state index in [1.165, 1.54) is 0 Å². The number of aryl methyl sites for hydroxylation is 1. The Morgan fingerprint density at radius 2 is 2.12 bits per heavy atom. The summed E-state index contributed by atoms with van der Waals surface area (Å²) in [5, 5.41) is 3.03. The molecule has 5 nitrogen and oxygen atoms in total. The predicted octanol–water partition coefficient (Wildman–Crippen LogP) is 2.49. The summed E-state index contributed by atoms with van der Waals surface area (Å²) in [4.78, 5) is 16.7. The Hall–Kier alpha value is -2.24. The molecule has 0 bridgehead atoms. The molecular formula is C19H22N2O3. The molecule has 1 N–H and O–H groups in total. The van der Waals surface area contributed by atoms with Crippen molar-refractivity contribution in [2.24, 2.45) is 0 Å². The van der Waals surface area contributed by atoms with Crippen LogP contribution in [-0.2, 0) is 16.1 Å². The third-order valence-corrected chi connectivity index (χ3v) is 4.17. The third kappa shape index (κ3) is 4.19. The van der Waals surface area contributed by atoms with Crippen LogP contribution in [0.4, 0.5) is 0 Å². The second kappa shape index (κ2) is 8.04. The first-order valence-corrected chi connectivity index (χ1v) is 8.20. The molecule has 1 aliphatic heterocycles. The maximum atomic E-state index is 12.5. The lowest BCUT2D eigenvalue weighted by Gasteiger charge is -2.32. The molecule has 5 heteroatoms. The van der Waals surface area contributed by atoms with Crippen molar-refractivity contribution in [1.82, 2.24) is 10.3 Å². The van der Waals surface area contributed by atoms with Crippen molar-refractivity contribution in [3.8, 4) is 0 Å². The zero-order valence-electron chi connectivity index (χ0n) is 13.8. The van der Waals surface area contributed by atoms with Crippen molar-refractivity contribution in [2.45, 2.75) is 32.1 Å². The standard InChI is InChI=1S/C19H22N2O3/c1-14-16(8-5-10-20-14)19(22)21-17-13-23-11-9-18(17)24-12-15-6-3-2-4-7-15/h2-8,10,17-18H,9,11-13H2,1H3,(H,21,22)/t17-,18+/m1/s1. The lowest BCUT2D eigenvalue weighted by atomic mass is 10.1. The largest absolute Gasteiger partial charge is 0.379 e. The molecule has 1 aliphatic rings. The molecule has 0 saturated carbocycles. The van der Waals surface area contributed by atoms with E-state index in [2.05, 4.69) is 10.3 Å². The number of hydrogen-bond donors (Lipinski definition) is 1. The van der Waals surface area contributed by atoms with Gasteiger partial charge in [-0.1, -0.05) is 30.3 Å². The topological polar surface area (TPSA) is 60.5 Å². The summed E-state index contributed by atoms with van der Waals surface area (Å²) in [7, 11) is 0. The summed E-state index contributed by atoms with van der Waals surface area (Å²) in [6, 6.07) is 13.4. The minimum Gasteiger partial charge on any atom is -0.379 e. The normalized spacial score (nSPS) is 20.5.